The molecule has 0 saturated heterocycles. The highest BCUT2D eigenvalue weighted by Crippen LogP contribution is 2.26. The van der Waals surface area contributed by atoms with Crippen LogP contribution in [0, 0.1) is 0 Å². The summed E-state index contributed by atoms with van der Waals surface area (Å²) in [5.41, 5.74) is 1.07. The molecule has 1 aromatic heterocycles. The van der Waals surface area contributed by atoms with Crippen LogP contribution in [-0.2, 0) is 4.74 Å². The van der Waals surface area contributed by atoms with E-state index in [9.17, 15) is 9.90 Å². The lowest BCUT2D eigenvalue weighted by Crippen LogP contribution is -2.08. The van der Waals surface area contributed by atoms with Gasteiger partial charge in [-0.2, -0.15) is 0 Å². The summed E-state index contributed by atoms with van der Waals surface area (Å²) in [6.45, 7) is 1.95. The van der Waals surface area contributed by atoms with Crippen LogP contribution in [0.1, 0.15) is 17.4 Å². The highest BCUT2D eigenvalue weighted by atomic mass is 16.5. The molecule has 0 aliphatic carbocycles. The number of ether oxygens (including phenoxy) is 1. The van der Waals surface area contributed by atoms with Crippen molar-refractivity contribution in [3.8, 4) is 17.0 Å². The maximum absolute atomic E-state index is 11.4. The van der Waals surface area contributed by atoms with Crippen LogP contribution < -0.4 is 0 Å². The van der Waals surface area contributed by atoms with Gasteiger partial charge in [-0.05, 0) is 6.92 Å². The highest BCUT2D eigenvalue weighted by molar-refractivity contribution is 5.88. The van der Waals surface area contributed by atoms with Crippen molar-refractivity contribution in [3.05, 3.63) is 42.1 Å². The van der Waals surface area contributed by atoms with E-state index in [0.29, 0.717) is 5.69 Å². The number of carbonyl (C=O) groups excluding carboxylic acids is 1. The molecular weight excluding hydrogens is 232 g/mol. The largest absolute Gasteiger partial charge is 0.506 e. The van der Waals surface area contributed by atoms with E-state index in [1.54, 1.807) is 19.1 Å². The van der Waals surface area contributed by atoms with Gasteiger partial charge in [0.2, 0.25) is 0 Å². The molecule has 5 heteroatoms. The maximum atomic E-state index is 11.4. The fraction of sp³-hybridized carbons (Fsp3) is 0.154. The lowest BCUT2D eigenvalue weighted by atomic mass is 10.1. The quantitative estimate of drug-likeness (QED) is 0.836. The number of carbonyl (C=O) groups is 1. The second kappa shape index (κ2) is 5.27. The average molecular weight is 244 g/mol. The molecule has 5 nitrogen and oxygen atoms in total. The summed E-state index contributed by atoms with van der Waals surface area (Å²) in [6.07, 6.45) is 0. The Bertz CT molecular complexity index is 555. The minimum Gasteiger partial charge on any atom is -0.506 e. The first-order valence-electron chi connectivity index (χ1n) is 5.51. The Labute approximate surface area is 104 Å². The van der Waals surface area contributed by atoms with E-state index in [1.807, 2.05) is 18.2 Å². The van der Waals surface area contributed by atoms with Crippen molar-refractivity contribution >= 4 is 5.97 Å². The predicted molar refractivity (Wildman–Crippen MR) is 65.1 cm³/mol. The molecule has 0 unspecified atom stereocenters. The summed E-state index contributed by atoms with van der Waals surface area (Å²) >= 11 is 0. The third-order valence-electron chi connectivity index (χ3n) is 2.31. The van der Waals surface area contributed by atoms with E-state index in [1.165, 1.54) is 6.07 Å². The van der Waals surface area contributed by atoms with Gasteiger partial charge < -0.3 is 9.84 Å². The van der Waals surface area contributed by atoms with Crippen molar-refractivity contribution in [1.82, 2.24) is 10.2 Å². The third kappa shape index (κ3) is 2.45. The Hall–Kier alpha value is -2.43. The van der Waals surface area contributed by atoms with Crippen LogP contribution in [-0.4, -0.2) is 27.9 Å². The summed E-state index contributed by atoms with van der Waals surface area (Å²) < 4.78 is 4.78. The van der Waals surface area contributed by atoms with E-state index in [-0.39, 0.29) is 18.1 Å². The van der Waals surface area contributed by atoms with E-state index < -0.39 is 5.97 Å². The van der Waals surface area contributed by atoms with Crippen LogP contribution >= 0.6 is 0 Å². The first-order valence-corrected chi connectivity index (χ1v) is 5.51. The van der Waals surface area contributed by atoms with E-state index >= 15 is 0 Å². The molecule has 0 radical (unpaired) electrons. The van der Waals surface area contributed by atoms with Crippen molar-refractivity contribution in [1.29, 1.82) is 0 Å². The molecule has 2 aromatic rings. The van der Waals surface area contributed by atoms with Crippen molar-refractivity contribution in [2.45, 2.75) is 6.92 Å². The van der Waals surface area contributed by atoms with E-state index in [2.05, 4.69) is 10.2 Å². The Morgan fingerprint density at radius 3 is 2.61 bits per heavy atom. The zero-order valence-corrected chi connectivity index (χ0v) is 9.83. The third-order valence-corrected chi connectivity index (χ3v) is 2.31. The SMILES string of the molecule is CCOC(=O)c1cc(O)c(-c2ccccc2)nn1. The molecule has 2 rings (SSSR count). The summed E-state index contributed by atoms with van der Waals surface area (Å²) in [4.78, 5) is 11.4. The number of rotatable bonds is 3. The number of hydrogen-bond donors (Lipinski definition) is 1. The molecule has 0 spiro atoms. The van der Waals surface area contributed by atoms with Crippen molar-refractivity contribution < 1.29 is 14.6 Å². The van der Waals surface area contributed by atoms with Crippen LogP contribution in [0.5, 0.6) is 5.75 Å². The van der Waals surface area contributed by atoms with Crippen molar-refractivity contribution in [2.75, 3.05) is 6.61 Å². The van der Waals surface area contributed by atoms with Gasteiger partial charge in [0.05, 0.1) is 6.61 Å². The molecule has 0 saturated carbocycles. The number of aromatic nitrogens is 2. The predicted octanol–water partition coefficient (Wildman–Crippen LogP) is 2.03. The van der Waals surface area contributed by atoms with Crippen molar-refractivity contribution in [3.63, 3.8) is 0 Å². The summed E-state index contributed by atoms with van der Waals surface area (Å²) in [5, 5.41) is 17.5. The van der Waals surface area contributed by atoms with Gasteiger partial charge >= 0.3 is 5.97 Å². The fourth-order valence-electron chi connectivity index (χ4n) is 1.49. The molecule has 1 aromatic carbocycles. The van der Waals surface area contributed by atoms with Gasteiger partial charge in [-0.25, -0.2) is 4.79 Å². The number of esters is 1. The minimum atomic E-state index is -0.597. The van der Waals surface area contributed by atoms with Crippen molar-refractivity contribution in [2.24, 2.45) is 0 Å². The first kappa shape index (κ1) is 12.0. The Morgan fingerprint density at radius 1 is 1.28 bits per heavy atom. The van der Waals surface area contributed by atoms with Crippen LogP contribution in [0.2, 0.25) is 0 Å². The molecule has 0 aliphatic heterocycles. The molecule has 0 atom stereocenters. The Balaban J connectivity index is 2.34. The van der Waals surface area contributed by atoms with Gasteiger partial charge in [-0.3, -0.25) is 0 Å². The second-order valence-corrected chi connectivity index (χ2v) is 3.55. The topological polar surface area (TPSA) is 72.3 Å². The molecular formula is C13H12N2O3. The second-order valence-electron chi connectivity index (χ2n) is 3.55. The summed E-state index contributed by atoms with van der Waals surface area (Å²) in [6, 6.07) is 10.4. The van der Waals surface area contributed by atoms with Crippen LogP contribution in [0.25, 0.3) is 11.3 Å². The number of nitrogens with zero attached hydrogens (tertiary/aromatic N) is 2. The molecule has 92 valence electrons. The summed E-state index contributed by atoms with van der Waals surface area (Å²) in [7, 11) is 0. The van der Waals surface area contributed by atoms with Crippen LogP contribution in [0.15, 0.2) is 36.4 Å². The smallest absolute Gasteiger partial charge is 0.358 e. The van der Waals surface area contributed by atoms with E-state index in [4.69, 9.17) is 4.74 Å². The Kier molecular flexibility index (Phi) is 3.52. The highest BCUT2D eigenvalue weighted by Gasteiger charge is 2.14. The average Bonchev–Trinajstić information content (AvgIpc) is 2.40. The van der Waals surface area contributed by atoms with E-state index in [0.717, 1.165) is 5.56 Å². The van der Waals surface area contributed by atoms with Gasteiger partial charge in [0.1, 0.15) is 11.4 Å². The zero-order chi connectivity index (χ0) is 13.0. The number of benzene rings is 1. The number of aromatic hydroxyl groups is 1. The maximum Gasteiger partial charge on any atom is 0.358 e. The summed E-state index contributed by atoms with van der Waals surface area (Å²) in [5.74, 6) is -0.695. The molecule has 18 heavy (non-hydrogen) atoms. The normalized spacial score (nSPS) is 10.1. The van der Waals surface area contributed by atoms with Gasteiger partial charge in [0, 0.05) is 11.6 Å². The van der Waals surface area contributed by atoms with Gasteiger partial charge in [0.25, 0.3) is 0 Å². The van der Waals surface area contributed by atoms with Crippen LogP contribution in [0.4, 0.5) is 0 Å². The fourth-order valence-corrected chi connectivity index (χ4v) is 1.49. The van der Waals surface area contributed by atoms with Gasteiger partial charge in [-0.15, -0.1) is 10.2 Å². The monoisotopic (exact) mass is 244 g/mol. The lowest BCUT2D eigenvalue weighted by molar-refractivity contribution is 0.0517. The lowest BCUT2D eigenvalue weighted by Gasteiger charge is -2.04. The number of hydrogen-bond acceptors (Lipinski definition) is 5. The molecule has 0 amide bonds. The minimum absolute atomic E-state index is 0.00553. The molecule has 0 fully saturated rings. The molecule has 1 heterocycles. The first-order chi connectivity index (χ1) is 8.72. The molecule has 1 N–H and O–H groups in total. The van der Waals surface area contributed by atoms with Gasteiger partial charge in [-0.1, -0.05) is 30.3 Å². The Morgan fingerprint density at radius 2 is 2.00 bits per heavy atom. The molecule has 0 bridgehead atoms. The zero-order valence-electron chi connectivity index (χ0n) is 9.83. The van der Waals surface area contributed by atoms with Gasteiger partial charge in [0.15, 0.2) is 5.69 Å². The standard InChI is InChI=1S/C13H12N2O3/c1-2-18-13(17)10-8-11(16)12(15-14-10)9-6-4-3-5-7-9/h3-8H,2H2,1H3,(H,14,16). The van der Waals surface area contributed by atoms with Crippen LogP contribution in [0.3, 0.4) is 0 Å². The molecule has 0 aliphatic rings.